The molecule has 0 atom stereocenters. The van der Waals surface area contributed by atoms with Crippen molar-refractivity contribution in [3.63, 3.8) is 0 Å². The van der Waals surface area contributed by atoms with E-state index in [-0.39, 0.29) is 28.4 Å². The maximum absolute atomic E-state index is 12.8. The molecule has 6 nitrogen and oxygen atoms in total. The van der Waals surface area contributed by atoms with Gasteiger partial charge in [-0.2, -0.15) is 0 Å². The number of ether oxygens (including phenoxy) is 1. The largest absolute Gasteiger partial charge is 0.496 e. The SMILES string of the molecule is COc1ccc(S(=O)(=O)NC2CCCCCCC2)cc1C(=O)NC(C)C. The van der Waals surface area contributed by atoms with Crippen LogP contribution in [0.25, 0.3) is 0 Å². The molecule has 26 heavy (non-hydrogen) atoms. The Labute approximate surface area is 156 Å². The third kappa shape index (κ3) is 5.71. The second kappa shape index (κ2) is 9.37. The van der Waals surface area contributed by atoms with Crippen molar-refractivity contribution in [1.29, 1.82) is 0 Å². The van der Waals surface area contributed by atoms with Crippen molar-refractivity contribution >= 4 is 15.9 Å². The minimum atomic E-state index is -3.68. The number of benzene rings is 1. The van der Waals surface area contributed by atoms with Crippen LogP contribution < -0.4 is 14.8 Å². The first-order valence-electron chi connectivity index (χ1n) is 9.34. The fraction of sp³-hybridized carbons (Fsp3) is 0.632. The van der Waals surface area contributed by atoms with Gasteiger partial charge >= 0.3 is 0 Å². The van der Waals surface area contributed by atoms with Gasteiger partial charge in [-0.1, -0.05) is 32.1 Å². The first kappa shape index (κ1) is 20.7. The average molecular weight is 383 g/mol. The standard InChI is InChI=1S/C19H30N2O4S/c1-14(2)20-19(22)17-13-16(11-12-18(17)25-3)26(23,24)21-15-9-7-5-4-6-8-10-15/h11-15,21H,4-10H2,1-3H3,(H,20,22). The van der Waals surface area contributed by atoms with E-state index in [2.05, 4.69) is 10.0 Å². The van der Waals surface area contributed by atoms with Gasteiger partial charge in [0.2, 0.25) is 10.0 Å². The zero-order chi connectivity index (χ0) is 19.2. The maximum Gasteiger partial charge on any atom is 0.255 e. The Bertz CT molecular complexity index is 708. The maximum atomic E-state index is 12.8. The molecule has 0 spiro atoms. The van der Waals surface area contributed by atoms with E-state index in [0.29, 0.717) is 5.75 Å². The van der Waals surface area contributed by atoms with Crippen molar-refractivity contribution in [3.05, 3.63) is 23.8 Å². The number of carbonyl (C=O) groups is 1. The molecule has 1 fully saturated rings. The molecule has 146 valence electrons. The Hall–Kier alpha value is -1.60. The molecule has 1 amide bonds. The summed E-state index contributed by atoms with van der Waals surface area (Å²) in [6.07, 6.45) is 7.33. The molecule has 7 heteroatoms. The predicted molar refractivity (Wildman–Crippen MR) is 102 cm³/mol. The van der Waals surface area contributed by atoms with E-state index < -0.39 is 10.0 Å². The van der Waals surface area contributed by atoms with Crippen LogP contribution >= 0.6 is 0 Å². The molecule has 1 aromatic rings. The van der Waals surface area contributed by atoms with Crippen LogP contribution in [0.5, 0.6) is 5.75 Å². The van der Waals surface area contributed by atoms with Gasteiger partial charge in [0.1, 0.15) is 5.75 Å². The van der Waals surface area contributed by atoms with Crippen molar-refractivity contribution in [3.8, 4) is 5.75 Å². The lowest BCUT2D eigenvalue weighted by Gasteiger charge is -2.21. The molecule has 0 saturated heterocycles. The number of hydrogen-bond acceptors (Lipinski definition) is 4. The molecular formula is C19H30N2O4S. The topological polar surface area (TPSA) is 84.5 Å². The van der Waals surface area contributed by atoms with Crippen molar-refractivity contribution in [2.45, 2.75) is 75.8 Å². The summed E-state index contributed by atoms with van der Waals surface area (Å²) in [6.45, 7) is 3.70. The van der Waals surface area contributed by atoms with Gasteiger partial charge in [-0.25, -0.2) is 13.1 Å². The van der Waals surface area contributed by atoms with Gasteiger partial charge < -0.3 is 10.1 Å². The molecule has 1 saturated carbocycles. The summed E-state index contributed by atoms with van der Waals surface area (Å²) in [7, 11) is -2.22. The van der Waals surface area contributed by atoms with Crippen molar-refractivity contribution in [1.82, 2.24) is 10.0 Å². The van der Waals surface area contributed by atoms with Crippen molar-refractivity contribution in [2.24, 2.45) is 0 Å². The molecule has 0 aromatic heterocycles. The molecule has 1 aliphatic rings. The van der Waals surface area contributed by atoms with Gasteiger partial charge in [-0.15, -0.1) is 0 Å². The van der Waals surface area contributed by atoms with Crippen LogP contribution in [0.2, 0.25) is 0 Å². The summed E-state index contributed by atoms with van der Waals surface area (Å²) in [5.74, 6) is 0.00732. The fourth-order valence-corrected chi connectivity index (χ4v) is 4.56. The zero-order valence-electron chi connectivity index (χ0n) is 15.9. The summed E-state index contributed by atoms with van der Waals surface area (Å²) < 4.78 is 33.7. The number of nitrogens with one attached hydrogen (secondary N) is 2. The van der Waals surface area contributed by atoms with Crippen LogP contribution in [-0.4, -0.2) is 33.5 Å². The average Bonchev–Trinajstić information content (AvgIpc) is 2.56. The fourth-order valence-electron chi connectivity index (χ4n) is 3.23. The molecular weight excluding hydrogens is 352 g/mol. The lowest BCUT2D eigenvalue weighted by Crippen LogP contribution is -2.35. The number of sulfonamides is 1. The second-order valence-corrected chi connectivity index (χ2v) is 8.87. The summed E-state index contributed by atoms with van der Waals surface area (Å²) in [4.78, 5) is 12.5. The predicted octanol–water partition coefficient (Wildman–Crippen LogP) is 3.22. The molecule has 0 unspecified atom stereocenters. The lowest BCUT2D eigenvalue weighted by atomic mass is 9.97. The quantitative estimate of drug-likeness (QED) is 0.791. The first-order valence-corrected chi connectivity index (χ1v) is 10.8. The number of amides is 1. The van der Waals surface area contributed by atoms with Gasteiger partial charge in [-0.05, 0) is 44.9 Å². The van der Waals surface area contributed by atoms with E-state index in [1.165, 1.54) is 31.7 Å². The van der Waals surface area contributed by atoms with E-state index >= 15 is 0 Å². The summed E-state index contributed by atoms with van der Waals surface area (Å²) in [5.41, 5.74) is 0.224. The molecule has 1 aromatic carbocycles. The zero-order valence-corrected chi connectivity index (χ0v) is 16.7. The molecule has 0 bridgehead atoms. The van der Waals surface area contributed by atoms with Crippen LogP contribution in [0.4, 0.5) is 0 Å². The minimum Gasteiger partial charge on any atom is -0.496 e. The highest BCUT2D eigenvalue weighted by Crippen LogP contribution is 2.24. The summed E-state index contributed by atoms with van der Waals surface area (Å²) >= 11 is 0. The number of carbonyl (C=O) groups excluding carboxylic acids is 1. The highest BCUT2D eigenvalue weighted by Gasteiger charge is 2.23. The van der Waals surface area contributed by atoms with Gasteiger partial charge in [0, 0.05) is 12.1 Å². The second-order valence-electron chi connectivity index (χ2n) is 7.15. The number of hydrogen-bond donors (Lipinski definition) is 2. The van der Waals surface area contributed by atoms with Crippen molar-refractivity contribution in [2.75, 3.05) is 7.11 Å². The van der Waals surface area contributed by atoms with Crippen LogP contribution in [0.1, 0.15) is 69.2 Å². The molecule has 0 aliphatic heterocycles. The van der Waals surface area contributed by atoms with Gasteiger partial charge in [0.25, 0.3) is 5.91 Å². The van der Waals surface area contributed by atoms with E-state index in [0.717, 1.165) is 38.5 Å². The highest BCUT2D eigenvalue weighted by atomic mass is 32.2. The van der Waals surface area contributed by atoms with Crippen LogP contribution in [0, 0.1) is 0 Å². The monoisotopic (exact) mass is 382 g/mol. The van der Waals surface area contributed by atoms with Gasteiger partial charge in [-0.3, -0.25) is 4.79 Å². The Morgan fingerprint density at radius 2 is 1.73 bits per heavy atom. The highest BCUT2D eigenvalue weighted by molar-refractivity contribution is 7.89. The van der Waals surface area contributed by atoms with Crippen LogP contribution in [0.15, 0.2) is 23.1 Å². The normalized spacial score (nSPS) is 16.8. The van der Waals surface area contributed by atoms with E-state index in [1.807, 2.05) is 13.8 Å². The molecule has 0 radical (unpaired) electrons. The minimum absolute atomic E-state index is 0.0460. The third-order valence-electron chi connectivity index (χ3n) is 4.57. The lowest BCUT2D eigenvalue weighted by molar-refractivity contribution is 0.0940. The molecule has 2 N–H and O–H groups in total. The number of rotatable bonds is 6. The Kier molecular flexibility index (Phi) is 7.46. The Balaban J connectivity index is 2.23. The molecule has 2 rings (SSSR count). The smallest absolute Gasteiger partial charge is 0.255 e. The Morgan fingerprint density at radius 1 is 1.12 bits per heavy atom. The summed E-state index contributed by atoms with van der Waals surface area (Å²) in [5, 5.41) is 2.77. The van der Waals surface area contributed by atoms with E-state index in [9.17, 15) is 13.2 Å². The Morgan fingerprint density at radius 3 is 2.31 bits per heavy atom. The van der Waals surface area contributed by atoms with Gasteiger partial charge in [0.15, 0.2) is 0 Å². The molecule has 1 aliphatic carbocycles. The van der Waals surface area contributed by atoms with Crippen LogP contribution in [0.3, 0.4) is 0 Å². The van der Waals surface area contributed by atoms with E-state index in [4.69, 9.17) is 4.74 Å². The van der Waals surface area contributed by atoms with Gasteiger partial charge in [0.05, 0.1) is 17.6 Å². The summed E-state index contributed by atoms with van der Waals surface area (Å²) in [6, 6.07) is 4.30. The van der Waals surface area contributed by atoms with Crippen molar-refractivity contribution < 1.29 is 17.9 Å². The third-order valence-corrected chi connectivity index (χ3v) is 6.09. The molecule has 0 heterocycles. The van der Waals surface area contributed by atoms with Crippen LogP contribution in [-0.2, 0) is 10.0 Å². The number of methoxy groups -OCH3 is 1. The van der Waals surface area contributed by atoms with E-state index in [1.54, 1.807) is 0 Å². The first-order chi connectivity index (χ1) is 12.3.